The van der Waals surface area contributed by atoms with Crippen molar-refractivity contribution in [2.75, 3.05) is 0 Å². The summed E-state index contributed by atoms with van der Waals surface area (Å²) < 4.78 is 15.6. The number of rotatable bonds is 5. The van der Waals surface area contributed by atoms with Crippen LogP contribution in [0.3, 0.4) is 0 Å². The highest BCUT2D eigenvalue weighted by Crippen LogP contribution is 2.23. The predicted octanol–water partition coefficient (Wildman–Crippen LogP) is 3.47. The highest BCUT2D eigenvalue weighted by atomic mass is 79.9. The maximum absolute atomic E-state index is 13.2. The minimum atomic E-state index is -0.685. The van der Waals surface area contributed by atoms with Crippen LogP contribution in [0.15, 0.2) is 35.1 Å². The van der Waals surface area contributed by atoms with Crippen molar-refractivity contribution in [3.8, 4) is 0 Å². The van der Waals surface area contributed by atoms with Gasteiger partial charge in [0.05, 0.1) is 10.6 Å². The van der Waals surface area contributed by atoms with Crippen molar-refractivity contribution in [1.82, 2.24) is 9.55 Å². The van der Waals surface area contributed by atoms with Gasteiger partial charge in [-0.1, -0.05) is 13.0 Å². The molecule has 0 aliphatic heterocycles. The van der Waals surface area contributed by atoms with Gasteiger partial charge in [0.15, 0.2) is 0 Å². The normalized spacial score (nSPS) is 12.6. The first-order valence-corrected chi connectivity index (χ1v) is 7.04. The second-order valence-electron chi connectivity index (χ2n) is 4.43. The van der Waals surface area contributed by atoms with Crippen molar-refractivity contribution in [2.45, 2.75) is 32.4 Å². The van der Waals surface area contributed by atoms with Crippen LogP contribution in [0.5, 0.6) is 0 Å². The maximum Gasteiger partial charge on any atom is 0.137 e. The molecule has 2 rings (SSSR count). The molecule has 1 unspecified atom stereocenters. The molecule has 3 nitrogen and oxygen atoms in total. The number of aryl methyl sites for hydroxylation is 1. The Balaban J connectivity index is 2.13. The van der Waals surface area contributed by atoms with Crippen molar-refractivity contribution in [3.63, 3.8) is 0 Å². The standard InChI is InChI=1S/C14H16BrFN2O/c1-2-6-18-7-5-17-14(18)9-13(19)10-3-4-12(16)11(15)8-10/h3-5,7-8,13,19H,2,6,9H2,1H3. The Morgan fingerprint density at radius 2 is 2.26 bits per heavy atom. The SMILES string of the molecule is CCCn1ccnc1CC(O)c1ccc(F)c(Br)c1. The number of hydrogen-bond donors (Lipinski definition) is 1. The summed E-state index contributed by atoms with van der Waals surface area (Å²) in [5.74, 6) is 0.512. The van der Waals surface area contributed by atoms with Crippen LogP contribution in [-0.2, 0) is 13.0 Å². The van der Waals surface area contributed by atoms with Crippen LogP contribution in [0.1, 0.15) is 30.8 Å². The van der Waals surface area contributed by atoms with Gasteiger partial charge in [-0.25, -0.2) is 9.37 Å². The number of nitrogens with zero attached hydrogens (tertiary/aromatic N) is 2. The van der Waals surface area contributed by atoms with Crippen molar-refractivity contribution in [3.05, 3.63) is 52.3 Å². The number of imidazole rings is 1. The van der Waals surface area contributed by atoms with E-state index in [0.29, 0.717) is 16.5 Å². The Bertz CT molecular complexity index is 556. The van der Waals surface area contributed by atoms with E-state index in [1.54, 1.807) is 18.3 Å². The van der Waals surface area contributed by atoms with Crippen molar-refractivity contribution < 1.29 is 9.50 Å². The molecule has 1 aromatic heterocycles. The van der Waals surface area contributed by atoms with Crippen molar-refractivity contribution in [1.29, 1.82) is 0 Å². The zero-order chi connectivity index (χ0) is 13.8. The Hall–Kier alpha value is -1.20. The number of aliphatic hydroxyl groups is 1. The summed E-state index contributed by atoms with van der Waals surface area (Å²) in [5.41, 5.74) is 0.680. The van der Waals surface area contributed by atoms with Crippen LogP contribution >= 0.6 is 15.9 Å². The molecule has 1 atom stereocenters. The van der Waals surface area contributed by atoms with Gasteiger partial charge in [0.2, 0.25) is 0 Å². The Kier molecular flexibility index (Phi) is 4.71. The van der Waals surface area contributed by atoms with E-state index in [-0.39, 0.29) is 5.82 Å². The van der Waals surface area contributed by atoms with E-state index in [0.717, 1.165) is 18.8 Å². The first-order chi connectivity index (χ1) is 9.11. The van der Waals surface area contributed by atoms with Crippen LogP contribution < -0.4 is 0 Å². The molecule has 5 heteroatoms. The third-order valence-electron chi connectivity index (χ3n) is 2.97. The molecule has 0 bridgehead atoms. The predicted molar refractivity (Wildman–Crippen MR) is 75.3 cm³/mol. The van der Waals surface area contributed by atoms with Crippen LogP contribution in [0.25, 0.3) is 0 Å². The zero-order valence-corrected chi connectivity index (χ0v) is 12.3. The summed E-state index contributed by atoms with van der Waals surface area (Å²) in [4.78, 5) is 4.26. The quantitative estimate of drug-likeness (QED) is 0.913. The molecule has 2 aromatic rings. The molecule has 1 N–H and O–H groups in total. The summed E-state index contributed by atoms with van der Waals surface area (Å²) >= 11 is 3.12. The Labute approximate surface area is 120 Å². The largest absolute Gasteiger partial charge is 0.388 e. The zero-order valence-electron chi connectivity index (χ0n) is 10.7. The highest BCUT2D eigenvalue weighted by molar-refractivity contribution is 9.10. The lowest BCUT2D eigenvalue weighted by molar-refractivity contribution is 0.174. The lowest BCUT2D eigenvalue weighted by Crippen LogP contribution is -2.09. The molecule has 0 fully saturated rings. The van der Waals surface area contributed by atoms with Gasteiger partial charge in [0, 0.05) is 25.4 Å². The topological polar surface area (TPSA) is 38.0 Å². The van der Waals surface area contributed by atoms with Crippen molar-refractivity contribution >= 4 is 15.9 Å². The maximum atomic E-state index is 13.2. The average Bonchev–Trinajstić information content (AvgIpc) is 2.80. The fourth-order valence-electron chi connectivity index (χ4n) is 1.98. The number of aliphatic hydroxyl groups excluding tert-OH is 1. The number of halogens is 2. The number of aromatic nitrogens is 2. The first-order valence-electron chi connectivity index (χ1n) is 6.24. The molecular formula is C14H16BrFN2O. The van der Waals surface area contributed by atoms with Gasteiger partial charge >= 0.3 is 0 Å². The highest BCUT2D eigenvalue weighted by Gasteiger charge is 2.13. The van der Waals surface area contributed by atoms with Gasteiger partial charge < -0.3 is 9.67 Å². The van der Waals surface area contributed by atoms with Gasteiger partial charge in [-0.2, -0.15) is 0 Å². The second-order valence-corrected chi connectivity index (χ2v) is 5.28. The molecule has 0 radical (unpaired) electrons. The molecule has 0 saturated heterocycles. The average molecular weight is 327 g/mol. The summed E-state index contributed by atoms with van der Waals surface area (Å²) in [6.45, 7) is 2.98. The molecular weight excluding hydrogens is 311 g/mol. The molecule has 19 heavy (non-hydrogen) atoms. The van der Waals surface area contributed by atoms with Crippen LogP contribution in [0, 0.1) is 5.82 Å². The van der Waals surface area contributed by atoms with Crippen molar-refractivity contribution in [2.24, 2.45) is 0 Å². The molecule has 1 heterocycles. The first kappa shape index (κ1) is 14.2. The van der Waals surface area contributed by atoms with Crippen LogP contribution in [0.2, 0.25) is 0 Å². The summed E-state index contributed by atoms with van der Waals surface area (Å²) in [6.07, 6.45) is 4.40. The molecule has 0 amide bonds. The monoisotopic (exact) mass is 326 g/mol. The smallest absolute Gasteiger partial charge is 0.137 e. The summed E-state index contributed by atoms with van der Waals surface area (Å²) in [5, 5.41) is 10.2. The summed E-state index contributed by atoms with van der Waals surface area (Å²) in [6, 6.07) is 4.55. The minimum Gasteiger partial charge on any atom is -0.388 e. The molecule has 0 aliphatic carbocycles. The van der Waals surface area contributed by atoms with Gasteiger partial charge in [-0.15, -0.1) is 0 Å². The van der Waals surface area contributed by atoms with E-state index >= 15 is 0 Å². The van der Waals surface area contributed by atoms with Gasteiger partial charge in [0.25, 0.3) is 0 Å². The van der Waals surface area contributed by atoms with E-state index < -0.39 is 6.10 Å². The van der Waals surface area contributed by atoms with E-state index in [4.69, 9.17) is 0 Å². The van der Waals surface area contributed by atoms with Crippen LogP contribution in [0.4, 0.5) is 4.39 Å². The second kappa shape index (κ2) is 6.30. The van der Waals surface area contributed by atoms with E-state index in [2.05, 4.69) is 27.8 Å². The van der Waals surface area contributed by atoms with E-state index in [9.17, 15) is 9.50 Å². The van der Waals surface area contributed by atoms with Gasteiger partial charge in [0.1, 0.15) is 11.6 Å². The van der Waals surface area contributed by atoms with E-state index in [1.165, 1.54) is 6.07 Å². The van der Waals surface area contributed by atoms with Crippen LogP contribution in [-0.4, -0.2) is 14.7 Å². The minimum absolute atomic E-state index is 0.330. The summed E-state index contributed by atoms with van der Waals surface area (Å²) in [7, 11) is 0. The molecule has 0 aliphatic rings. The van der Waals surface area contributed by atoms with Gasteiger partial charge in [-0.05, 0) is 40.0 Å². The van der Waals surface area contributed by atoms with Gasteiger partial charge in [-0.3, -0.25) is 0 Å². The Morgan fingerprint density at radius 1 is 1.47 bits per heavy atom. The molecule has 1 aromatic carbocycles. The number of benzene rings is 1. The fourth-order valence-corrected chi connectivity index (χ4v) is 2.38. The lowest BCUT2D eigenvalue weighted by Gasteiger charge is -2.13. The number of hydrogen-bond acceptors (Lipinski definition) is 2. The third kappa shape index (κ3) is 3.42. The molecule has 102 valence electrons. The lowest BCUT2D eigenvalue weighted by atomic mass is 10.1. The molecule has 0 spiro atoms. The Morgan fingerprint density at radius 3 is 2.95 bits per heavy atom. The third-order valence-corrected chi connectivity index (χ3v) is 3.58. The fraction of sp³-hybridized carbons (Fsp3) is 0.357. The molecule has 0 saturated carbocycles. The van der Waals surface area contributed by atoms with E-state index in [1.807, 2.05) is 10.8 Å².